The van der Waals surface area contributed by atoms with Crippen LogP contribution in [-0.4, -0.2) is 24.6 Å². The summed E-state index contributed by atoms with van der Waals surface area (Å²) in [5.41, 5.74) is 0.941. The Kier molecular flexibility index (Phi) is 3.39. The van der Waals surface area contributed by atoms with Gasteiger partial charge in [-0.3, -0.25) is 0 Å². The molecule has 1 saturated heterocycles. The normalized spacial score (nSPS) is 20.4. The molecule has 0 aromatic carbocycles. The van der Waals surface area contributed by atoms with Crippen molar-refractivity contribution in [2.24, 2.45) is 0 Å². The topological polar surface area (TPSA) is 28.2 Å². The van der Waals surface area contributed by atoms with Gasteiger partial charge in [0.05, 0.1) is 6.20 Å². The first-order valence-electron chi connectivity index (χ1n) is 5.78. The van der Waals surface area contributed by atoms with Crippen molar-refractivity contribution in [1.82, 2.24) is 10.3 Å². The fraction of sp³-hybridized carbons (Fsp3) is 0.583. The highest BCUT2D eigenvalue weighted by molar-refractivity contribution is 5.48. The molecule has 4 heteroatoms. The first-order valence-corrected chi connectivity index (χ1v) is 5.78. The molecule has 1 aliphatic rings. The van der Waals surface area contributed by atoms with Crippen molar-refractivity contribution in [2.45, 2.75) is 32.4 Å². The standard InChI is InChI=1S/C12H18FN3/c1-9-4-3-5-16(9)12-10(7-14-2)6-11(13)8-15-12/h6,8-9,14H,3-5,7H2,1-2H3. The van der Waals surface area contributed by atoms with Crippen LogP contribution in [0.25, 0.3) is 0 Å². The van der Waals surface area contributed by atoms with Gasteiger partial charge in [0.25, 0.3) is 0 Å². The van der Waals surface area contributed by atoms with Crippen LogP contribution in [0.3, 0.4) is 0 Å². The van der Waals surface area contributed by atoms with Crippen LogP contribution in [0.2, 0.25) is 0 Å². The molecular formula is C12H18FN3. The summed E-state index contributed by atoms with van der Waals surface area (Å²) in [6.45, 7) is 3.88. The Morgan fingerprint density at radius 2 is 2.44 bits per heavy atom. The van der Waals surface area contributed by atoms with E-state index in [1.54, 1.807) is 6.07 Å². The number of hydrogen-bond acceptors (Lipinski definition) is 3. The maximum absolute atomic E-state index is 13.1. The molecule has 88 valence electrons. The third kappa shape index (κ3) is 2.16. The number of pyridine rings is 1. The smallest absolute Gasteiger partial charge is 0.141 e. The van der Waals surface area contributed by atoms with Crippen molar-refractivity contribution >= 4 is 5.82 Å². The number of rotatable bonds is 3. The molecule has 0 aliphatic carbocycles. The molecule has 1 unspecified atom stereocenters. The summed E-state index contributed by atoms with van der Waals surface area (Å²) < 4.78 is 13.1. The summed E-state index contributed by atoms with van der Waals surface area (Å²) in [7, 11) is 1.86. The van der Waals surface area contributed by atoms with Gasteiger partial charge in [-0.2, -0.15) is 0 Å². The molecule has 1 aromatic heterocycles. The monoisotopic (exact) mass is 223 g/mol. The van der Waals surface area contributed by atoms with E-state index in [9.17, 15) is 4.39 Å². The van der Waals surface area contributed by atoms with E-state index in [0.29, 0.717) is 12.6 Å². The summed E-state index contributed by atoms with van der Waals surface area (Å²) in [5, 5.41) is 3.06. The zero-order chi connectivity index (χ0) is 11.5. The minimum Gasteiger partial charge on any atom is -0.354 e. The van der Waals surface area contributed by atoms with Crippen molar-refractivity contribution in [3.8, 4) is 0 Å². The van der Waals surface area contributed by atoms with Gasteiger partial charge in [0.2, 0.25) is 0 Å². The van der Waals surface area contributed by atoms with E-state index < -0.39 is 0 Å². The highest BCUT2D eigenvalue weighted by atomic mass is 19.1. The van der Waals surface area contributed by atoms with Gasteiger partial charge in [-0.1, -0.05) is 0 Å². The zero-order valence-corrected chi connectivity index (χ0v) is 9.83. The lowest BCUT2D eigenvalue weighted by molar-refractivity contribution is 0.613. The molecule has 3 nitrogen and oxygen atoms in total. The minimum atomic E-state index is -0.263. The Balaban J connectivity index is 2.31. The van der Waals surface area contributed by atoms with Crippen molar-refractivity contribution in [3.63, 3.8) is 0 Å². The molecule has 0 amide bonds. The van der Waals surface area contributed by atoms with Crippen LogP contribution in [0, 0.1) is 5.82 Å². The van der Waals surface area contributed by atoms with Gasteiger partial charge in [0.15, 0.2) is 0 Å². The van der Waals surface area contributed by atoms with Crippen LogP contribution in [0.1, 0.15) is 25.3 Å². The van der Waals surface area contributed by atoms with Crippen LogP contribution in [0.5, 0.6) is 0 Å². The number of anilines is 1. The van der Waals surface area contributed by atoms with Crippen LogP contribution in [0.4, 0.5) is 10.2 Å². The Morgan fingerprint density at radius 3 is 3.06 bits per heavy atom. The first-order chi connectivity index (χ1) is 7.72. The Labute approximate surface area is 95.7 Å². The lowest BCUT2D eigenvalue weighted by Crippen LogP contribution is -2.29. The Bertz CT molecular complexity index is 367. The van der Waals surface area contributed by atoms with E-state index in [1.807, 2.05) is 7.05 Å². The molecule has 0 bridgehead atoms. The second kappa shape index (κ2) is 4.78. The van der Waals surface area contributed by atoms with Gasteiger partial charge in [-0.05, 0) is 32.9 Å². The third-order valence-electron chi connectivity index (χ3n) is 3.10. The van der Waals surface area contributed by atoms with Crippen LogP contribution >= 0.6 is 0 Å². The predicted molar refractivity (Wildman–Crippen MR) is 63.0 cm³/mol. The SMILES string of the molecule is CNCc1cc(F)cnc1N1CCCC1C. The van der Waals surface area contributed by atoms with E-state index in [4.69, 9.17) is 0 Å². The molecule has 1 aromatic rings. The Morgan fingerprint density at radius 1 is 1.62 bits per heavy atom. The van der Waals surface area contributed by atoms with Gasteiger partial charge in [0, 0.05) is 24.7 Å². The summed E-state index contributed by atoms with van der Waals surface area (Å²) in [5.74, 6) is 0.668. The fourth-order valence-electron chi connectivity index (χ4n) is 2.30. The van der Waals surface area contributed by atoms with Crippen molar-refractivity contribution in [2.75, 3.05) is 18.5 Å². The van der Waals surface area contributed by atoms with Gasteiger partial charge in [0.1, 0.15) is 11.6 Å². The summed E-state index contributed by atoms with van der Waals surface area (Å²) in [4.78, 5) is 6.51. The maximum Gasteiger partial charge on any atom is 0.141 e. The molecule has 0 radical (unpaired) electrons. The number of nitrogens with zero attached hydrogens (tertiary/aromatic N) is 2. The minimum absolute atomic E-state index is 0.263. The molecule has 2 heterocycles. The van der Waals surface area contributed by atoms with Gasteiger partial charge >= 0.3 is 0 Å². The molecule has 1 fully saturated rings. The lowest BCUT2D eigenvalue weighted by Gasteiger charge is -2.25. The molecule has 16 heavy (non-hydrogen) atoms. The third-order valence-corrected chi connectivity index (χ3v) is 3.10. The average Bonchev–Trinajstić information content (AvgIpc) is 2.65. The number of aromatic nitrogens is 1. The summed E-state index contributed by atoms with van der Waals surface area (Å²) in [6.07, 6.45) is 3.69. The van der Waals surface area contributed by atoms with E-state index in [2.05, 4.69) is 22.1 Å². The molecular weight excluding hydrogens is 205 g/mol. The van der Waals surface area contributed by atoms with Crippen LogP contribution in [0.15, 0.2) is 12.3 Å². The zero-order valence-electron chi connectivity index (χ0n) is 9.83. The van der Waals surface area contributed by atoms with E-state index >= 15 is 0 Å². The van der Waals surface area contributed by atoms with Crippen molar-refractivity contribution in [3.05, 3.63) is 23.6 Å². The number of hydrogen-bond donors (Lipinski definition) is 1. The van der Waals surface area contributed by atoms with Crippen LogP contribution in [-0.2, 0) is 6.54 Å². The molecule has 0 saturated carbocycles. The lowest BCUT2D eigenvalue weighted by atomic mass is 10.2. The molecule has 0 spiro atoms. The summed E-state index contributed by atoms with van der Waals surface area (Å²) in [6, 6.07) is 2.08. The molecule has 2 rings (SSSR count). The van der Waals surface area contributed by atoms with E-state index in [-0.39, 0.29) is 5.82 Å². The Hall–Kier alpha value is -1.16. The second-order valence-electron chi connectivity index (χ2n) is 4.35. The van der Waals surface area contributed by atoms with Crippen LogP contribution < -0.4 is 10.2 Å². The fourth-order valence-corrected chi connectivity index (χ4v) is 2.30. The van der Waals surface area contributed by atoms with Gasteiger partial charge in [-0.15, -0.1) is 0 Å². The maximum atomic E-state index is 13.1. The first kappa shape index (κ1) is 11.3. The molecule has 1 aliphatic heterocycles. The van der Waals surface area contributed by atoms with E-state index in [1.165, 1.54) is 19.0 Å². The average molecular weight is 223 g/mol. The van der Waals surface area contributed by atoms with Crippen molar-refractivity contribution < 1.29 is 4.39 Å². The van der Waals surface area contributed by atoms with Crippen molar-refractivity contribution in [1.29, 1.82) is 0 Å². The molecule has 1 atom stereocenters. The highest BCUT2D eigenvalue weighted by Gasteiger charge is 2.23. The molecule has 1 N–H and O–H groups in total. The predicted octanol–water partition coefficient (Wildman–Crippen LogP) is 1.93. The van der Waals surface area contributed by atoms with Gasteiger partial charge in [-0.25, -0.2) is 9.37 Å². The quantitative estimate of drug-likeness (QED) is 0.848. The largest absolute Gasteiger partial charge is 0.354 e. The number of halogens is 1. The van der Waals surface area contributed by atoms with E-state index in [0.717, 1.165) is 17.9 Å². The summed E-state index contributed by atoms with van der Waals surface area (Å²) >= 11 is 0. The highest BCUT2D eigenvalue weighted by Crippen LogP contribution is 2.26. The second-order valence-corrected chi connectivity index (χ2v) is 4.35. The van der Waals surface area contributed by atoms with Gasteiger partial charge < -0.3 is 10.2 Å². The number of nitrogens with one attached hydrogen (secondary N) is 1.